The van der Waals surface area contributed by atoms with E-state index in [1.165, 1.54) is 25.7 Å². The van der Waals surface area contributed by atoms with Gasteiger partial charge >= 0.3 is 0 Å². The summed E-state index contributed by atoms with van der Waals surface area (Å²) < 4.78 is 33.2. The molecule has 4 aliphatic rings. The van der Waals surface area contributed by atoms with Crippen LogP contribution in [0.15, 0.2) is 0 Å². The van der Waals surface area contributed by atoms with Gasteiger partial charge in [-0.3, -0.25) is 0 Å². The van der Waals surface area contributed by atoms with Crippen LogP contribution in [0.2, 0.25) is 0 Å². The van der Waals surface area contributed by atoms with Crippen LogP contribution in [0.4, 0.5) is 0 Å². The van der Waals surface area contributed by atoms with Crippen LogP contribution in [0.5, 0.6) is 0 Å². The fourth-order valence-corrected chi connectivity index (χ4v) is 3.71. The summed E-state index contributed by atoms with van der Waals surface area (Å²) in [5, 5.41) is 0. The fraction of sp³-hybridized carbons (Fsp3) is 1.00. The summed E-state index contributed by atoms with van der Waals surface area (Å²) in [5.41, 5.74) is 0. The Morgan fingerprint density at radius 1 is 0.909 bits per heavy atom. The lowest BCUT2D eigenvalue weighted by Crippen LogP contribution is -2.31. The molecule has 0 amide bonds. The van der Waals surface area contributed by atoms with Crippen molar-refractivity contribution < 1.29 is 28.4 Å². The monoisotopic (exact) mass is 314 g/mol. The van der Waals surface area contributed by atoms with Gasteiger partial charge in [-0.2, -0.15) is 0 Å². The number of epoxide rings is 3. The summed E-state index contributed by atoms with van der Waals surface area (Å²) in [4.78, 5) is 0. The zero-order valence-electron chi connectivity index (χ0n) is 13.1. The Kier molecular flexibility index (Phi) is 4.66. The topological polar surface area (TPSA) is 65.3 Å². The molecule has 0 aromatic rings. The van der Waals surface area contributed by atoms with Crippen LogP contribution in [0, 0.1) is 11.8 Å². The number of ether oxygens (including phenoxy) is 6. The molecule has 0 aromatic carbocycles. The zero-order chi connectivity index (χ0) is 14.9. The molecule has 4 fully saturated rings. The summed E-state index contributed by atoms with van der Waals surface area (Å²) in [6, 6.07) is 0. The van der Waals surface area contributed by atoms with Crippen molar-refractivity contribution in [3.8, 4) is 0 Å². The molecular weight excluding hydrogens is 288 g/mol. The summed E-state index contributed by atoms with van der Waals surface area (Å²) in [7, 11) is 1.68. The van der Waals surface area contributed by atoms with E-state index in [0.717, 1.165) is 6.61 Å². The third kappa shape index (κ3) is 3.63. The minimum Gasteiger partial charge on any atom is -0.382 e. The predicted octanol–water partition coefficient (Wildman–Crippen LogP) is 1.32. The van der Waals surface area contributed by atoms with Gasteiger partial charge in [-0.25, -0.2) is 0 Å². The Balaban J connectivity index is 1.24. The molecule has 0 spiro atoms. The summed E-state index contributed by atoms with van der Waals surface area (Å²) >= 11 is 0. The van der Waals surface area contributed by atoms with E-state index >= 15 is 0 Å². The fourth-order valence-electron chi connectivity index (χ4n) is 3.71. The average molecular weight is 314 g/mol. The number of methoxy groups -OCH3 is 1. The van der Waals surface area contributed by atoms with Crippen LogP contribution < -0.4 is 0 Å². The van der Waals surface area contributed by atoms with E-state index in [1.807, 2.05) is 0 Å². The van der Waals surface area contributed by atoms with Crippen LogP contribution in [-0.4, -0.2) is 64.4 Å². The largest absolute Gasteiger partial charge is 0.382 e. The van der Waals surface area contributed by atoms with E-state index in [4.69, 9.17) is 28.4 Å². The lowest BCUT2D eigenvalue weighted by atomic mass is 9.75. The Morgan fingerprint density at radius 3 is 2.14 bits per heavy atom. The molecule has 4 rings (SSSR count). The van der Waals surface area contributed by atoms with E-state index in [9.17, 15) is 0 Å². The second-order valence-electron chi connectivity index (χ2n) is 6.70. The molecule has 0 radical (unpaired) electrons. The highest BCUT2D eigenvalue weighted by Crippen LogP contribution is 2.48. The SMILES string of the molecule is COCCOC1OC1C1CCCCC1C1OC1OCC1CO1. The molecule has 7 atom stereocenters. The molecule has 3 heterocycles. The second-order valence-corrected chi connectivity index (χ2v) is 6.70. The van der Waals surface area contributed by atoms with Crippen molar-refractivity contribution in [3.05, 3.63) is 0 Å². The van der Waals surface area contributed by atoms with Crippen LogP contribution >= 0.6 is 0 Å². The van der Waals surface area contributed by atoms with Crippen molar-refractivity contribution in [2.24, 2.45) is 11.8 Å². The molecule has 22 heavy (non-hydrogen) atoms. The Labute approximate surface area is 131 Å². The molecule has 126 valence electrons. The van der Waals surface area contributed by atoms with Crippen molar-refractivity contribution >= 4 is 0 Å². The van der Waals surface area contributed by atoms with Gasteiger partial charge in [0.05, 0.1) is 26.4 Å². The van der Waals surface area contributed by atoms with Crippen molar-refractivity contribution in [1.29, 1.82) is 0 Å². The Hall–Kier alpha value is -0.240. The highest BCUT2D eigenvalue weighted by Gasteiger charge is 2.56. The van der Waals surface area contributed by atoms with E-state index in [2.05, 4.69) is 0 Å². The Bertz CT molecular complexity index is 374. The lowest BCUT2D eigenvalue weighted by Gasteiger charge is -2.29. The van der Waals surface area contributed by atoms with E-state index in [1.54, 1.807) is 7.11 Å². The van der Waals surface area contributed by atoms with Gasteiger partial charge in [-0.05, 0) is 24.7 Å². The van der Waals surface area contributed by atoms with E-state index in [0.29, 0.717) is 37.8 Å². The Morgan fingerprint density at radius 2 is 1.55 bits per heavy atom. The third-order valence-electron chi connectivity index (χ3n) is 5.10. The maximum atomic E-state index is 5.78. The van der Waals surface area contributed by atoms with Gasteiger partial charge in [0.2, 0.25) is 0 Å². The van der Waals surface area contributed by atoms with E-state index < -0.39 is 0 Å². The van der Waals surface area contributed by atoms with Crippen LogP contribution in [0.3, 0.4) is 0 Å². The molecule has 1 aliphatic carbocycles. The van der Waals surface area contributed by atoms with Crippen molar-refractivity contribution in [1.82, 2.24) is 0 Å². The summed E-state index contributed by atoms with van der Waals surface area (Å²) in [5.74, 6) is 1.08. The molecule has 3 aliphatic heterocycles. The maximum absolute atomic E-state index is 5.78. The molecule has 6 nitrogen and oxygen atoms in total. The first-order chi connectivity index (χ1) is 10.9. The third-order valence-corrected chi connectivity index (χ3v) is 5.10. The maximum Gasteiger partial charge on any atom is 0.184 e. The quantitative estimate of drug-likeness (QED) is 0.472. The zero-order valence-corrected chi connectivity index (χ0v) is 13.1. The predicted molar refractivity (Wildman–Crippen MR) is 76.3 cm³/mol. The average Bonchev–Trinajstić information content (AvgIpc) is 3.41. The highest BCUT2D eigenvalue weighted by atomic mass is 16.8. The molecule has 0 N–H and O–H groups in total. The molecule has 6 heteroatoms. The van der Waals surface area contributed by atoms with Crippen molar-refractivity contribution in [3.63, 3.8) is 0 Å². The van der Waals surface area contributed by atoms with Gasteiger partial charge in [-0.15, -0.1) is 0 Å². The van der Waals surface area contributed by atoms with Gasteiger partial charge in [0.15, 0.2) is 12.6 Å². The number of hydrogen-bond acceptors (Lipinski definition) is 6. The molecule has 0 aromatic heterocycles. The first-order valence-corrected chi connectivity index (χ1v) is 8.51. The van der Waals surface area contributed by atoms with Gasteiger partial charge < -0.3 is 28.4 Å². The standard InChI is InChI=1S/C16H26O6/c1-17-6-7-18-15-13(21-15)11-4-2-3-5-12(11)14-16(22-14)20-9-10-8-19-10/h10-16H,2-9H2,1H3. The van der Waals surface area contributed by atoms with Crippen molar-refractivity contribution in [2.45, 2.75) is 56.6 Å². The first kappa shape index (κ1) is 15.3. The van der Waals surface area contributed by atoms with Gasteiger partial charge in [0, 0.05) is 7.11 Å². The molecule has 1 saturated carbocycles. The van der Waals surface area contributed by atoms with Crippen LogP contribution in [0.1, 0.15) is 25.7 Å². The molecule has 3 saturated heterocycles. The minimum absolute atomic E-state index is 0.0265. The van der Waals surface area contributed by atoms with Gasteiger partial charge in [0.1, 0.15) is 18.3 Å². The smallest absolute Gasteiger partial charge is 0.184 e. The number of rotatable bonds is 9. The summed E-state index contributed by atoms with van der Waals surface area (Å²) in [6.45, 7) is 2.72. The van der Waals surface area contributed by atoms with Gasteiger partial charge in [0.25, 0.3) is 0 Å². The van der Waals surface area contributed by atoms with Crippen LogP contribution in [-0.2, 0) is 28.4 Å². The highest BCUT2D eigenvalue weighted by molar-refractivity contribution is 4.98. The lowest BCUT2D eigenvalue weighted by molar-refractivity contribution is 0.0166. The van der Waals surface area contributed by atoms with E-state index in [-0.39, 0.29) is 24.8 Å². The van der Waals surface area contributed by atoms with Crippen LogP contribution in [0.25, 0.3) is 0 Å². The number of hydrogen-bond donors (Lipinski definition) is 0. The second kappa shape index (κ2) is 6.71. The summed E-state index contributed by atoms with van der Waals surface area (Å²) in [6.07, 6.45) is 5.68. The van der Waals surface area contributed by atoms with Gasteiger partial charge in [-0.1, -0.05) is 12.8 Å². The molecule has 0 bridgehead atoms. The minimum atomic E-state index is -0.0428. The molecular formula is C16H26O6. The normalized spacial score (nSPS) is 46.5. The first-order valence-electron chi connectivity index (χ1n) is 8.51. The van der Waals surface area contributed by atoms with Crippen molar-refractivity contribution in [2.75, 3.05) is 33.5 Å². The molecule has 7 unspecified atom stereocenters.